The molecule has 1 aliphatic heterocycles. The Kier molecular flexibility index (Phi) is 7.80. The van der Waals surface area contributed by atoms with Crippen LogP contribution < -0.4 is 10.6 Å². The molecular weight excluding hydrogens is 576 g/mol. The van der Waals surface area contributed by atoms with Crippen molar-refractivity contribution < 1.29 is 34.8 Å². The zero-order valence-electron chi connectivity index (χ0n) is 26.2. The van der Waals surface area contributed by atoms with Gasteiger partial charge in [0.25, 0.3) is 0 Å². The predicted molar refractivity (Wildman–Crippen MR) is 168 cm³/mol. The van der Waals surface area contributed by atoms with Gasteiger partial charge in [0.2, 0.25) is 11.7 Å². The quantitative estimate of drug-likeness (QED) is 0.299. The van der Waals surface area contributed by atoms with Crippen LogP contribution >= 0.6 is 0 Å². The van der Waals surface area contributed by atoms with Gasteiger partial charge in [-0.25, -0.2) is 0 Å². The third kappa shape index (κ3) is 4.75. The maximum absolute atomic E-state index is 14.2. The SMILES string of the molecule is CN(C)c1cc(-c2ccc(CN3CCCC3)cc2)c(O)c2c1C[C@@H]1C[C@@H]3[C@@H](N(C)C)C(O)C(C(N)=O)C(=O)[C@]3(O)C(=O)C1=C2O. The Labute approximate surface area is 262 Å². The van der Waals surface area contributed by atoms with Gasteiger partial charge in [-0.15, -0.1) is 0 Å². The van der Waals surface area contributed by atoms with Crippen LogP contribution in [0.2, 0.25) is 0 Å². The van der Waals surface area contributed by atoms with Crippen molar-refractivity contribution in [3.63, 3.8) is 0 Å². The molecule has 2 aromatic rings. The number of ketones is 2. The van der Waals surface area contributed by atoms with E-state index in [1.54, 1.807) is 19.0 Å². The molecule has 1 heterocycles. The van der Waals surface area contributed by atoms with Crippen molar-refractivity contribution in [1.29, 1.82) is 0 Å². The number of nitrogens with two attached hydrogens (primary N) is 1. The highest BCUT2D eigenvalue weighted by atomic mass is 16.3. The van der Waals surface area contributed by atoms with Crippen molar-refractivity contribution in [2.45, 2.75) is 50.0 Å². The number of hydrogen-bond acceptors (Lipinski definition) is 10. The molecule has 6 N–H and O–H groups in total. The number of aliphatic hydroxyl groups is 3. The van der Waals surface area contributed by atoms with Crippen LogP contribution in [-0.2, 0) is 27.3 Å². The lowest BCUT2D eigenvalue weighted by Crippen LogP contribution is -2.73. The molecule has 11 nitrogen and oxygen atoms in total. The van der Waals surface area contributed by atoms with Gasteiger partial charge in [0.1, 0.15) is 17.4 Å². The number of rotatable bonds is 6. The zero-order chi connectivity index (χ0) is 32.5. The fourth-order valence-electron chi connectivity index (χ4n) is 8.26. The average Bonchev–Trinajstić information content (AvgIpc) is 3.48. The largest absolute Gasteiger partial charge is 0.507 e. The molecule has 0 radical (unpaired) electrons. The van der Waals surface area contributed by atoms with Crippen LogP contribution in [0.4, 0.5) is 5.69 Å². The number of phenolic OH excluding ortho intramolecular Hbond substituents is 1. The standard InChI is InChI=1S/C34H42N4O7/c1-36(2)23-15-20(18-9-7-17(8-10-18)16-38-11-5-6-12-38)28(39)25-21(23)13-19-14-22-27(37(3)4)30(41)26(33(35)44)32(43)34(22,45)31(42)24(19)29(25)40/h7-10,15,19,22,26-27,30,39-41,45H,5-6,11-14,16H2,1-4H3,(H2,35,44)/t19-,22-,26?,27-,30?,34-/m1/s1. The van der Waals surface area contributed by atoms with E-state index in [1.165, 1.54) is 12.8 Å². The molecule has 2 aromatic carbocycles. The highest BCUT2D eigenvalue weighted by Crippen LogP contribution is 2.54. The van der Waals surface area contributed by atoms with Crippen LogP contribution in [0.5, 0.6) is 5.75 Å². The van der Waals surface area contributed by atoms with Crippen LogP contribution in [0.1, 0.15) is 36.0 Å². The minimum Gasteiger partial charge on any atom is -0.507 e. The van der Waals surface area contributed by atoms with Crippen LogP contribution in [0.25, 0.3) is 16.9 Å². The normalized spacial score (nSPS) is 29.9. The van der Waals surface area contributed by atoms with E-state index in [0.717, 1.165) is 36.4 Å². The molecule has 2 saturated carbocycles. The Morgan fingerprint density at radius 1 is 1.07 bits per heavy atom. The van der Waals surface area contributed by atoms with Gasteiger partial charge in [0, 0.05) is 49.4 Å². The van der Waals surface area contributed by atoms with Gasteiger partial charge in [-0.05, 0) is 81.5 Å². The van der Waals surface area contributed by atoms with Crippen molar-refractivity contribution in [3.05, 3.63) is 52.6 Å². The molecule has 3 aliphatic carbocycles. The number of carbonyl (C=O) groups is 3. The Morgan fingerprint density at radius 2 is 1.71 bits per heavy atom. The van der Waals surface area contributed by atoms with Crippen LogP contribution in [-0.4, -0.2) is 107 Å². The van der Waals surface area contributed by atoms with Crippen LogP contribution in [0.3, 0.4) is 0 Å². The van der Waals surface area contributed by atoms with Crippen molar-refractivity contribution in [3.8, 4) is 16.9 Å². The number of aliphatic hydroxyl groups excluding tert-OH is 2. The molecule has 4 aliphatic rings. The zero-order valence-corrected chi connectivity index (χ0v) is 26.2. The smallest absolute Gasteiger partial charge is 0.230 e. The number of fused-ring (bicyclic) bond motifs is 3. The summed E-state index contributed by atoms with van der Waals surface area (Å²) >= 11 is 0. The Bertz CT molecular complexity index is 1590. The third-order valence-electron chi connectivity index (χ3n) is 10.4. The predicted octanol–water partition coefficient (Wildman–Crippen LogP) is 1.46. The van der Waals surface area contributed by atoms with Gasteiger partial charge in [0.15, 0.2) is 11.4 Å². The molecule has 0 bridgehead atoms. The Morgan fingerprint density at radius 3 is 2.29 bits per heavy atom. The number of hydrogen-bond donors (Lipinski definition) is 5. The van der Waals surface area contributed by atoms with E-state index in [1.807, 2.05) is 49.3 Å². The Balaban J connectivity index is 1.46. The van der Waals surface area contributed by atoms with Crippen molar-refractivity contribution in [1.82, 2.24) is 9.80 Å². The van der Waals surface area contributed by atoms with E-state index in [4.69, 9.17) is 5.73 Å². The number of likely N-dealkylation sites (tertiary alicyclic amines) is 1. The molecular formula is C34H42N4O7. The van der Waals surface area contributed by atoms with Crippen LogP contribution in [0, 0.1) is 17.8 Å². The lowest BCUT2D eigenvalue weighted by molar-refractivity contribution is -0.184. The first-order valence-corrected chi connectivity index (χ1v) is 15.5. The summed E-state index contributed by atoms with van der Waals surface area (Å²) in [5.41, 5.74) is 6.45. The maximum atomic E-state index is 14.2. The minimum absolute atomic E-state index is 0.0755. The van der Waals surface area contributed by atoms with Crippen molar-refractivity contribution >= 4 is 28.9 Å². The van der Waals surface area contributed by atoms with E-state index in [-0.39, 0.29) is 29.7 Å². The molecule has 45 heavy (non-hydrogen) atoms. The van der Waals surface area contributed by atoms with Gasteiger partial charge in [-0.2, -0.15) is 0 Å². The number of nitrogens with zero attached hydrogens (tertiary/aromatic N) is 3. The number of primary amides is 1. The number of carbonyl (C=O) groups excluding carboxylic acids is 3. The van der Waals surface area contributed by atoms with E-state index < -0.39 is 58.7 Å². The molecule has 0 spiro atoms. The average molecular weight is 619 g/mol. The van der Waals surface area contributed by atoms with Gasteiger partial charge in [0.05, 0.1) is 11.7 Å². The lowest BCUT2D eigenvalue weighted by Gasteiger charge is -2.53. The van der Waals surface area contributed by atoms with Crippen LogP contribution in [0.15, 0.2) is 35.9 Å². The number of likely N-dealkylation sites (N-methyl/N-ethyl adjacent to an activating group) is 1. The monoisotopic (exact) mass is 618 g/mol. The number of amides is 1. The minimum atomic E-state index is -2.69. The molecule has 6 rings (SSSR count). The molecule has 0 aromatic heterocycles. The summed E-state index contributed by atoms with van der Waals surface area (Å²) in [5.74, 6) is -7.51. The van der Waals surface area contributed by atoms with Crippen molar-refractivity contribution in [2.75, 3.05) is 46.2 Å². The molecule has 240 valence electrons. The summed E-state index contributed by atoms with van der Waals surface area (Å²) in [6.07, 6.45) is 1.20. The maximum Gasteiger partial charge on any atom is 0.230 e. The van der Waals surface area contributed by atoms with E-state index in [0.29, 0.717) is 11.1 Å². The second-order valence-electron chi connectivity index (χ2n) is 13.5. The van der Waals surface area contributed by atoms with Gasteiger partial charge >= 0.3 is 0 Å². The third-order valence-corrected chi connectivity index (χ3v) is 10.4. The number of benzene rings is 2. The summed E-state index contributed by atoms with van der Waals surface area (Å²) in [6, 6.07) is 8.84. The molecule has 6 atom stereocenters. The molecule has 2 unspecified atom stereocenters. The van der Waals surface area contributed by atoms with Crippen molar-refractivity contribution in [2.24, 2.45) is 23.5 Å². The molecule has 3 fully saturated rings. The number of Topliss-reactive ketones (excluding diaryl/α,β-unsaturated/α-hetero) is 2. The summed E-state index contributed by atoms with van der Waals surface area (Å²) in [6.45, 7) is 3.00. The van der Waals surface area contributed by atoms with Gasteiger partial charge < -0.3 is 36.0 Å². The summed E-state index contributed by atoms with van der Waals surface area (Å²) in [7, 11) is 6.99. The number of phenols is 1. The molecule has 11 heteroatoms. The number of aromatic hydroxyl groups is 1. The lowest BCUT2D eigenvalue weighted by atomic mass is 9.54. The van der Waals surface area contributed by atoms with E-state index >= 15 is 0 Å². The van der Waals surface area contributed by atoms with Gasteiger partial charge in [-0.3, -0.25) is 19.3 Å². The molecule has 1 saturated heterocycles. The van der Waals surface area contributed by atoms with E-state index in [2.05, 4.69) is 4.90 Å². The first-order valence-electron chi connectivity index (χ1n) is 15.5. The highest BCUT2D eigenvalue weighted by Gasteiger charge is 2.67. The fraction of sp³-hybridized carbons (Fsp3) is 0.500. The Hall–Kier alpha value is -3.77. The highest BCUT2D eigenvalue weighted by molar-refractivity contribution is 6.25. The summed E-state index contributed by atoms with van der Waals surface area (Å²) in [4.78, 5) is 46.0. The summed E-state index contributed by atoms with van der Waals surface area (Å²) in [5, 5.41) is 46.4. The van der Waals surface area contributed by atoms with E-state index in [9.17, 15) is 34.8 Å². The van der Waals surface area contributed by atoms with Gasteiger partial charge in [-0.1, -0.05) is 24.3 Å². The molecule has 1 amide bonds. The first-order chi connectivity index (χ1) is 21.3. The second kappa shape index (κ2) is 11.2. The first kappa shape index (κ1) is 31.2. The number of anilines is 1. The second-order valence-corrected chi connectivity index (χ2v) is 13.5. The fourth-order valence-corrected chi connectivity index (χ4v) is 8.26. The topological polar surface area (TPSA) is 168 Å². The summed E-state index contributed by atoms with van der Waals surface area (Å²) < 4.78 is 0.